The van der Waals surface area contributed by atoms with Gasteiger partial charge in [0, 0.05) is 24.3 Å². The van der Waals surface area contributed by atoms with Crippen molar-refractivity contribution in [3.05, 3.63) is 95.3 Å². The third-order valence-electron chi connectivity index (χ3n) is 6.91. The second-order valence-electron chi connectivity index (χ2n) is 9.85. The molecule has 1 aliphatic heterocycles. The highest BCUT2D eigenvalue weighted by atomic mass is 32.1. The maximum absolute atomic E-state index is 14.8. The summed E-state index contributed by atoms with van der Waals surface area (Å²) in [4.78, 5) is 4.76. The molecule has 5 aromatic rings. The van der Waals surface area contributed by atoms with Gasteiger partial charge in [0.05, 0.1) is 21.9 Å². The van der Waals surface area contributed by atoms with E-state index in [1.807, 2.05) is 12.1 Å². The number of thiazole rings is 1. The van der Waals surface area contributed by atoms with Gasteiger partial charge in [0.25, 0.3) is 0 Å². The van der Waals surface area contributed by atoms with Crippen LogP contribution in [-0.4, -0.2) is 11.6 Å². The number of rotatable bonds is 5. The van der Waals surface area contributed by atoms with Crippen molar-refractivity contribution in [2.24, 2.45) is 5.92 Å². The van der Waals surface area contributed by atoms with Gasteiger partial charge in [0.2, 0.25) is 0 Å². The van der Waals surface area contributed by atoms with E-state index in [4.69, 9.17) is 9.72 Å². The Morgan fingerprint density at radius 3 is 2.38 bits per heavy atom. The lowest BCUT2D eigenvalue weighted by Crippen LogP contribution is -2.22. The lowest BCUT2D eigenvalue weighted by molar-refractivity contribution is -0.185. The van der Waals surface area contributed by atoms with E-state index in [-0.39, 0.29) is 6.10 Å². The molecular formula is C30H22F5NO2S. The summed E-state index contributed by atoms with van der Waals surface area (Å²) in [6.07, 6.45) is -1.69. The number of aromatic nitrogens is 1. The number of benzene rings is 4. The van der Waals surface area contributed by atoms with Crippen LogP contribution in [0.1, 0.15) is 37.0 Å². The summed E-state index contributed by atoms with van der Waals surface area (Å²) in [5.74, 6) is -5.24. The van der Waals surface area contributed by atoms with Gasteiger partial charge in [-0.3, -0.25) is 0 Å². The largest absolute Gasteiger partial charge is 0.429 e. The highest BCUT2D eigenvalue weighted by molar-refractivity contribution is 7.21. The molecule has 2 heterocycles. The van der Waals surface area contributed by atoms with Crippen LogP contribution < -0.4 is 4.74 Å². The first-order valence-corrected chi connectivity index (χ1v) is 13.3. The molecule has 9 heteroatoms. The van der Waals surface area contributed by atoms with Crippen molar-refractivity contribution in [3.63, 3.8) is 0 Å². The number of ether oxygens (including phenoxy) is 2. The highest BCUT2D eigenvalue weighted by Gasteiger charge is 2.35. The quantitative estimate of drug-likeness (QED) is 0.160. The van der Waals surface area contributed by atoms with Gasteiger partial charge < -0.3 is 9.47 Å². The predicted octanol–water partition coefficient (Wildman–Crippen LogP) is 9.15. The van der Waals surface area contributed by atoms with Gasteiger partial charge in [-0.2, -0.15) is 8.78 Å². The van der Waals surface area contributed by atoms with Crippen LogP contribution in [0.3, 0.4) is 0 Å². The van der Waals surface area contributed by atoms with E-state index in [2.05, 4.69) is 23.8 Å². The molecule has 39 heavy (non-hydrogen) atoms. The Balaban J connectivity index is 1.25. The molecule has 4 aromatic carbocycles. The monoisotopic (exact) mass is 555 g/mol. The van der Waals surface area contributed by atoms with Crippen LogP contribution in [0.5, 0.6) is 5.75 Å². The fourth-order valence-electron chi connectivity index (χ4n) is 4.77. The smallest absolute Gasteiger partial charge is 0.426 e. The van der Waals surface area contributed by atoms with E-state index >= 15 is 0 Å². The SMILES string of the molecule is CC1CCC(c2ccc3nc(-c4ccc5cc(C(F)(F)Oc6cc(F)c(F)c(F)c6)ccc5c4)sc3c2)OC1. The zero-order valence-electron chi connectivity index (χ0n) is 20.7. The first kappa shape index (κ1) is 25.7. The van der Waals surface area contributed by atoms with Gasteiger partial charge in [0.15, 0.2) is 17.5 Å². The van der Waals surface area contributed by atoms with Crippen molar-refractivity contribution < 1.29 is 31.4 Å². The van der Waals surface area contributed by atoms with Gasteiger partial charge >= 0.3 is 6.11 Å². The average Bonchev–Trinajstić information content (AvgIpc) is 3.35. The maximum atomic E-state index is 14.8. The van der Waals surface area contributed by atoms with E-state index < -0.39 is 34.9 Å². The Morgan fingerprint density at radius 1 is 0.897 bits per heavy atom. The van der Waals surface area contributed by atoms with Crippen molar-refractivity contribution >= 4 is 32.3 Å². The molecule has 2 unspecified atom stereocenters. The van der Waals surface area contributed by atoms with Crippen LogP contribution in [-0.2, 0) is 10.8 Å². The van der Waals surface area contributed by atoms with Crippen LogP contribution in [0.15, 0.2) is 66.7 Å². The van der Waals surface area contributed by atoms with Crippen molar-refractivity contribution in [2.45, 2.75) is 32.0 Å². The maximum Gasteiger partial charge on any atom is 0.426 e. The fraction of sp³-hybridized carbons (Fsp3) is 0.233. The topological polar surface area (TPSA) is 31.4 Å². The Bertz CT molecular complexity index is 1670. The summed E-state index contributed by atoms with van der Waals surface area (Å²) in [5.41, 5.74) is 2.36. The molecule has 1 fully saturated rings. The number of halogens is 5. The lowest BCUT2D eigenvalue weighted by atomic mass is 9.96. The fourth-order valence-corrected chi connectivity index (χ4v) is 5.78. The summed E-state index contributed by atoms with van der Waals surface area (Å²) in [7, 11) is 0. The van der Waals surface area contributed by atoms with Crippen LogP contribution in [0.2, 0.25) is 0 Å². The van der Waals surface area contributed by atoms with Crippen molar-refractivity contribution in [1.82, 2.24) is 4.98 Å². The van der Waals surface area contributed by atoms with Crippen molar-refractivity contribution in [2.75, 3.05) is 6.61 Å². The zero-order chi connectivity index (χ0) is 27.3. The second-order valence-corrected chi connectivity index (χ2v) is 10.9. The molecule has 200 valence electrons. The molecule has 1 saturated heterocycles. The van der Waals surface area contributed by atoms with E-state index in [0.717, 1.165) is 45.8 Å². The van der Waals surface area contributed by atoms with Gasteiger partial charge in [0.1, 0.15) is 10.8 Å². The molecule has 2 atom stereocenters. The van der Waals surface area contributed by atoms with E-state index in [1.54, 1.807) is 23.5 Å². The number of alkyl halides is 2. The molecule has 0 radical (unpaired) electrons. The van der Waals surface area contributed by atoms with E-state index in [0.29, 0.717) is 28.8 Å². The molecule has 1 aliphatic rings. The van der Waals surface area contributed by atoms with Gasteiger partial charge in [-0.15, -0.1) is 11.3 Å². The molecule has 0 bridgehead atoms. The zero-order valence-corrected chi connectivity index (χ0v) is 21.5. The van der Waals surface area contributed by atoms with Crippen molar-refractivity contribution in [1.29, 1.82) is 0 Å². The highest BCUT2D eigenvalue weighted by Crippen LogP contribution is 2.38. The Kier molecular flexibility index (Phi) is 6.51. The Labute approximate surface area is 224 Å². The number of hydrogen-bond acceptors (Lipinski definition) is 4. The van der Waals surface area contributed by atoms with E-state index in [9.17, 15) is 22.0 Å². The van der Waals surface area contributed by atoms with Crippen LogP contribution in [0.4, 0.5) is 22.0 Å². The van der Waals surface area contributed by atoms with Crippen LogP contribution >= 0.6 is 11.3 Å². The first-order valence-electron chi connectivity index (χ1n) is 12.4. The Morgan fingerprint density at radius 2 is 1.64 bits per heavy atom. The summed E-state index contributed by atoms with van der Waals surface area (Å²) in [5, 5.41) is 2.03. The average molecular weight is 556 g/mol. The third-order valence-corrected chi connectivity index (χ3v) is 7.98. The van der Waals surface area contributed by atoms with Crippen molar-refractivity contribution in [3.8, 4) is 16.3 Å². The molecule has 1 aromatic heterocycles. The minimum Gasteiger partial charge on any atom is -0.429 e. The van der Waals surface area contributed by atoms with Crippen LogP contribution in [0, 0.1) is 23.4 Å². The normalized spacial score (nSPS) is 18.1. The molecular weight excluding hydrogens is 533 g/mol. The second kappa shape index (κ2) is 9.88. The van der Waals surface area contributed by atoms with Gasteiger partial charge in [-0.05, 0) is 65.4 Å². The number of fused-ring (bicyclic) bond motifs is 2. The summed E-state index contributed by atoms with van der Waals surface area (Å²) in [6.45, 7) is 2.95. The third kappa shape index (κ3) is 5.08. The summed E-state index contributed by atoms with van der Waals surface area (Å²) in [6, 6.07) is 16.3. The molecule has 0 saturated carbocycles. The van der Waals surface area contributed by atoms with Gasteiger partial charge in [-0.1, -0.05) is 31.2 Å². The molecule has 0 aliphatic carbocycles. The molecule has 6 rings (SSSR count). The standard InChI is InChI=1S/C30H22F5NO2S/c1-16-2-9-26(37-15-16)19-6-8-25-27(12-19)39-29(36-25)20-4-3-18-11-21(7-5-17(18)10-20)30(34,35)38-22-13-23(31)28(33)24(32)14-22/h3-8,10-14,16,26H,2,9,15H2,1H3. The number of hydrogen-bond donors (Lipinski definition) is 0. The Hall–Kier alpha value is -3.56. The first-order chi connectivity index (χ1) is 18.7. The predicted molar refractivity (Wildman–Crippen MR) is 140 cm³/mol. The summed E-state index contributed by atoms with van der Waals surface area (Å²) < 4.78 is 81.3. The van der Waals surface area contributed by atoms with Crippen LogP contribution in [0.25, 0.3) is 31.6 Å². The lowest BCUT2D eigenvalue weighted by Gasteiger charge is -2.27. The van der Waals surface area contributed by atoms with Gasteiger partial charge in [-0.25, -0.2) is 18.2 Å². The molecule has 0 N–H and O–H groups in total. The van der Waals surface area contributed by atoms with E-state index in [1.165, 1.54) is 18.2 Å². The molecule has 3 nitrogen and oxygen atoms in total. The summed E-state index contributed by atoms with van der Waals surface area (Å²) >= 11 is 1.55. The molecule has 0 amide bonds. The number of nitrogens with zero attached hydrogens (tertiary/aromatic N) is 1. The minimum atomic E-state index is -3.91. The molecule has 0 spiro atoms. The minimum absolute atomic E-state index is 0.0919.